The predicted molar refractivity (Wildman–Crippen MR) is 138 cm³/mol. The first-order chi connectivity index (χ1) is 17.6. The molecule has 0 bridgehead atoms. The van der Waals surface area contributed by atoms with Gasteiger partial charge in [-0.05, 0) is 30.2 Å². The lowest BCUT2D eigenvalue weighted by Crippen LogP contribution is -2.32. The van der Waals surface area contributed by atoms with E-state index in [1.165, 1.54) is 35.6 Å². The lowest BCUT2D eigenvalue weighted by Gasteiger charge is -2.17. The van der Waals surface area contributed by atoms with Crippen LogP contribution in [0.15, 0.2) is 48.5 Å². The molecule has 0 radical (unpaired) electrons. The molecular formula is C24H24F2N6O3S2. The Morgan fingerprint density at radius 1 is 0.946 bits per heavy atom. The molecule has 0 aliphatic rings. The van der Waals surface area contributed by atoms with Gasteiger partial charge in [0.15, 0.2) is 0 Å². The Hall–Kier alpha value is -3.84. The number of carboxylic acid groups (broad SMARTS) is 1. The summed E-state index contributed by atoms with van der Waals surface area (Å²) in [6.07, 6.45) is -0.347. The monoisotopic (exact) mass is 546 g/mol. The van der Waals surface area contributed by atoms with Crippen molar-refractivity contribution in [2.75, 3.05) is 11.4 Å². The van der Waals surface area contributed by atoms with Crippen LogP contribution < -0.4 is 10.6 Å². The molecule has 3 N–H and O–H groups in total. The van der Waals surface area contributed by atoms with Gasteiger partial charge >= 0.3 is 6.09 Å². The minimum absolute atomic E-state index is 0.174. The summed E-state index contributed by atoms with van der Waals surface area (Å²) >= 11 is 2.47. The van der Waals surface area contributed by atoms with E-state index in [2.05, 4.69) is 20.4 Å². The average Bonchev–Trinajstić information content (AvgIpc) is 3.52. The Balaban J connectivity index is 0.000000208. The highest BCUT2D eigenvalue weighted by molar-refractivity contribution is 7.18. The number of aromatic nitrogens is 4. The number of benzene rings is 2. The van der Waals surface area contributed by atoms with Gasteiger partial charge in [-0.2, -0.15) is 0 Å². The van der Waals surface area contributed by atoms with Crippen molar-refractivity contribution >= 4 is 39.8 Å². The second kappa shape index (κ2) is 12.9. The van der Waals surface area contributed by atoms with Gasteiger partial charge in [0.1, 0.15) is 26.7 Å². The molecule has 0 atom stereocenters. The molecule has 4 aromatic rings. The molecule has 0 unspecified atom stereocenters. The van der Waals surface area contributed by atoms with Gasteiger partial charge in [-0.3, -0.25) is 9.69 Å². The molecule has 13 heteroatoms. The number of aryl methyl sites for hydroxylation is 1. The summed E-state index contributed by atoms with van der Waals surface area (Å²) in [4.78, 5) is 23.0. The largest absolute Gasteiger partial charge is 0.465 e. The fourth-order valence-electron chi connectivity index (χ4n) is 2.99. The number of carbonyl (C=O) groups excluding carboxylic acids is 1. The molecule has 0 fully saturated rings. The van der Waals surface area contributed by atoms with Gasteiger partial charge < -0.3 is 10.8 Å². The third kappa shape index (κ3) is 8.36. The highest BCUT2D eigenvalue weighted by Gasteiger charge is 2.20. The van der Waals surface area contributed by atoms with Crippen LogP contribution in [-0.2, 0) is 11.2 Å². The number of amides is 2. The van der Waals surface area contributed by atoms with Gasteiger partial charge in [-0.25, -0.2) is 13.6 Å². The van der Waals surface area contributed by atoms with E-state index in [1.54, 1.807) is 24.3 Å². The van der Waals surface area contributed by atoms with E-state index in [9.17, 15) is 23.5 Å². The van der Waals surface area contributed by atoms with Crippen LogP contribution in [0.2, 0.25) is 0 Å². The highest BCUT2D eigenvalue weighted by Crippen LogP contribution is 2.29. The van der Waals surface area contributed by atoms with Crippen LogP contribution in [0, 0.1) is 17.6 Å². The number of nitrogens with two attached hydrogens (primary N) is 1. The Labute approximate surface area is 219 Å². The minimum Gasteiger partial charge on any atom is -0.465 e. The van der Waals surface area contributed by atoms with E-state index in [1.807, 2.05) is 13.8 Å². The van der Waals surface area contributed by atoms with Crippen LogP contribution in [0.3, 0.4) is 0 Å². The first-order valence-corrected chi connectivity index (χ1v) is 12.7. The zero-order valence-corrected chi connectivity index (χ0v) is 21.6. The second-order valence-corrected chi connectivity index (χ2v) is 10.2. The summed E-state index contributed by atoms with van der Waals surface area (Å²) < 4.78 is 26.2. The van der Waals surface area contributed by atoms with Gasteiger partial charge in [-0.1, -0.05) is 60.8 Å². The molecule has 194 valence electrons. The normalized spacial score (nSPS) is 10.6. The van der Waals surface area contributed by atoms with E-state index in [4.69, 9.17) is 5.73 Å². The molecule has 4 rings (SSSR count). The number of anilines is 1. The molecular weight excluding hydrogens is 522 g/mol. The maximum Gasteiger partial charge on any atom is 0.413 e. The number of carbonyl (C=O) groups is 2. The predicted octanol–water partition coefficient (Wildman–Crippen LogP) is 5.25. The van der Waals surface area contributed by atoms with Gasteiger partial charge in [0.2, 0.25) is 11.0 Å². The molecule has 9 nitrogen and oxygen atoms in total. The summed E-state index contributed by atoms with van der Waals surface area (Å²) in [5, 5.41) is 27.1. The smallest absolute Gasteiger partial charge is 0.413 e. The van der Waals surface area contributed by atoms with Gasteiger partial charge in [-0.15, -0.1) is 20.4 Å². The lowest BCUT2D eigenvalue weighted by atomic mass is 10.2. The van der Waals surface area contributed by atoms with Crippen LogP contribution in [0.5, 0.6) is 0 Å². The third-order valence-corrected chi connectivity index (χ3v) is 6.65. The Kier molecular flexibility index (Phi) is 9.69. The van der Waals surface area contributed by atoms with Crippen molar-refractivity contribution in [3.63, 3.8) is 0 Å². The van der Waals surface area contributed by atoms with Crippen LogP contribution in [0.4, 0.5) is 18.7 Å². The minimum atomic E-state index is -1.07. The Morgan fingerprint density at radius 2 is 1.51 bits per heavy atom. The summed E-state index contributed by atoms with van der Waals surface area (Å²) in [7, 11) is 0. The van der Waals surface area contributed by atoms with Crippen molar-refractivity contribution in [2.45, 2.75) is 26.7 Å². The maximum absolute atomic E-state index is 13.2. The highest BCUT2D eigenvalue weighted by atomic mass is 32.1. The van der Waals surface area contributed by atoms with E-state index >= 15 is 0 Å². The Bertz CT molecular complexity index is 1360. The summed E-state index contributed by atoms with van der Waals surface area (Å²) in [5.41, 5.74) is 6.32. The second-order valence-electron chi connectivity index (χ2n) is 8.16. The van der Waals surface area contributed by atoms with Crippen molar-refractivity contribution in [1.29, 1.82) is 0 Å². The summed E-state index contributed by atoms with van der Waals surface area (Å²) in [6.45, 7) is 4.18. The van der Waals surface area contributed by atoms with Crippen molar-refractivity contribution in [2.24, 2.45) is 11.7 Å². The van der Waals surface area contributed by atoms with Gasteiger partial charge in [0.05, 0.1) is 0 Å². The van der Waals surface area contributed by atoms with Crippen molar-refractivity contribution in [3.05, 3.63) is 65.2 Å². The molecule has 2 heterocycles. The number of nitrogens with zero attached hydrogens (tertiary/aromatic N) is 5. The van der Waals surface area contributed by atoms with E-state index < -0.39 is 6.09 Å². The quantitative estimate of drug-likeness (QED) is 0.308. The standard InChI is InChI=1S/C13H14FN3O2S.C11H10FN3OS/c1-8(2)7-17(13(18)19)12-16-15-11(20-12)9-4-3-5-10(14)6-9;12-8-3-1-2-7(6-8)11-15-14-10(17-11)5-4-9(13)16/h3-6,8H,7H2,1-2H3,(H,18,19);1-3,6H,4-5H2,(H2,13,16). The molecule has 0 saturated heterocycles. The van der Waals surface area contributed by atoms with Crippen molar-refractivity contribution in [3.8, 4) is 21.1 Å². The Morgan fingerprint density at radius 3 is 2.03 bits per heavy atom. The molecule has 2 aromatic carbocycles. The molecule has 2 aromatic heterocycles. The van der Waals surface area contributed by atoms with Crippen LogP contribution in [0.25, 0.3) is 21.1 Å². The van der Waals surface area contributed by atoms with Crippen molar-refractivity contribution < 1.29 is 23.5 Å². The van der Waals surface area contributed by atoms with E-state index in [-0.39, 0.29) is 29.9 Å². The average molecular weight is 547 g/mol. The SMILES string of the molecule is CC(C)CN(C(=O)O)c1nnc(-c2cccc(F)c2)s1.NC(=O)CCc1nnc(-c2cccc(F)c2)s1. The number of rotatable bonds is 8. The summed E-state index contributed by atoms with van der Waals surface area (Å²) in [5.74, 6) is -0.868. The topological polar surface area (TPSA) is 135 Å². The number of primary amides is 1. The first-order valence-electron chi connectivity index (χ1n) is 11.1. The molecule has 0 aliphatic heterocycles. The van der Waals surface area contributed by atoms with Crippen LogP contribution >= 0.6 is 22.7 Å². The third-order valence-electron chi connectivity index (χ3n) is 4.62. The van der Waals surface area contributed by atoms with Crippen LogP contribution in [-0.4, -0.2) is 44.0 Å². The molecule has 0 saturated carbocycles. The molecule has 0 spiro atoms. The van der Waals surface area contributed by atoms with Crippen LogP contribution in [0.1, 0.15) is 25.3 Å². The lowest BCUT2D eigenvalue weighted by molar-refractivity contribution is -0.118. The van der Waals surface area contributed by atoms with E-state index in [0.29, 0.717) is 39.2 Å². The number of hydrogen-bond donors (Lipinski definition) is 2. The number of halogens is 2. The fraction of sp³-hybridized carbons (Fsp3) is 0.250. The molecule has 2 amide bonds. The van der Waals surface area contributed by atoms with Crippen molar-refractivity contribution in [1.82, 2.24) is 20.4 Å². The maximum atomic E-state index is 13.2. The first kappa shape index (κ1) is 27.7. The number of hydrogen-bond acceptors (Lipinski definition) is 8. The fourth-order valence-corrected chi connectivity index (χ4v) is 4.67. The zero-order valence-electron chi connectivity index (χ0n) is 20.0. The van der Waals surface area contributed by atoms with Gasteiger partial charge in [0, 0.05) is 30.5 Å². The molecule has 0 aliphatic carbocycles. The van der Waals surface area contributed by atoms with Gasteiger partial charge in [0.25, 0.3) is 0 Å². The van der Waals surface area contributed by atoms with E-state index in [0.717, 1.165) is 21.2 Å². The summed E-state index contributed by atoms with van der Waals surface area (Å²) in [6, 6.07) is 12.1. The molecule has 37 heavy (non-hydrogen) atoms. The zero-order chi connectivity index (χ0) is 26.9.